The molecule has 190 valence electrons. The van der Waals surface area contributed by atoms with Crippen LogP contribution in [-0.2, 0) is 11.3 Å². The van der Waals surface area contributed by atoms with Gasteiger partial charge in [0.05, 0.1) is 44.4 Å². The molecule has 2 aromatic carbocycles. The predicted molar refractivity (Wildman–Crippen MR) is 129 cm³/mol. The molecule has 1 saturated heterocycles. The average molecular weight is 498 g/mol. The lowest BCUT2D eigenvalue weighted by atomic mass is 9.97. The maximum absolute atomic E-state index is 13.0. The maximum atomic E-state index is 13.0. The molecule has 0 radical (unpaired) electrons. The first-order valence-electron chi connectivity index (χ1n) is 11.3. The highest BCUT2D eigenvalue weighted by Gasteiger charge is 2.28. The zero-order valence-corrected chi connectivity index (χ0v) is 20.2. The van der Waals surface area contributed by atoms with Crippen LogP contribution in [-0.4, -0.2) is 60.3 Å². The summed E-state index contributed by atoms with van der Waals surface area (Å²) in [6.07, 6.45) is 1.50. The largest absolute Gasteiger partial charge is 0.495 e. The molecule has 1 N–H and O–H groups in total. The van der Waals surface area contributed by atoms with Crippen LogP contribution < -0.4 is 19.5 Å². The number of methoxy groups -OCH3 is 3. The minimum absolute atomic E-state index is 0.127. The van der Waals surface area contributed by atoms with Crippen molar-refractivity contribution in [2.45, 2.75) is 19.4 Å². The summed E-state index contributed by atoms with van der Waals surface area (Å²) in [5, 5.41) is 18.0. The number of carbonyl (C=O) groups is 1. The van der Waals surface area contributed by atoms with Crippen LogP contribution in [0.3, 0.4) is 0 Å². The molecular formula is C24H27N5O7. The Balaban J connectivity index is 1.41. The fourth-order valence-corrected chi connectivity index (χ4v) is 4.16. The fourth-order valence-electron chi connectivity index (χ4n) is 4.16. The smallest absolute Gasteiger partial charge is 0.271 e. The summed E-state index contributed by atoms with van der Waals surface area (Å²) in [6.45, 7) is 1.65. The summed E-state index contributed by atoms with van der Waals surface area (Å²) in [5.41, 5.74) is 0.868. The summed E-state index contributed by atoms with van der Waals surface area (Å²) >= 11 is 0. The van der Waals surface area contributed by atoms with Crippen molar-refractivity contribution in [1.82, 2.24) is 15.0 Å². The molecule has 12 nitrogen and oxygen atoms in total. The molecule has 1 aromatic heterocycles. The quantitative estimate of drug-likeness (QED) is 0.345. The molecule has 1 atom stereocenters. The SMILES string of the molecule is COc1ccc([N+](=O)[O-])cc1NC(=O)C1CCCN(Cc2nc(-c3ccc(OC)c(OC)c3)no2)C1. The molecule has 0 saturated carbocycles. The number of piperidine rings is 1. The molecule has 1 fully saturated rings. The standard InChI is InChI=1S/C24H27N5O7/c1-33-19-9-7-17(29(31)32)12-18(19)25-24(30)16-5-4-10-28(13-16)14-22-26-23(27-36-22)15-6-8-20(34-2)21(11-15)35-3/h6-9,11-12,16H,4-5,10,13-14H2,1-3H3,(H,25,30). The molecule has 0 aliphatic carbocycles. The van der Waals surface area contributed by atoms with Crippen LogP contribution >= 0.6 is 0 Å². The Bertz CT molecular complexity index is 1250. The van der Waals surface area contributed by atoms with Gasteiger partial charge in [-0.3, -0.25) is 19.8 Å². The van der Waals surface area contributed by atoms with Gasteiger partial charge in [0.15, 0.2) is 11.5 Å². The van der Waals surface area contributed by atoms with E-state index < -0.39 is 4.92 Å². The van der Waals surface area contributed by atoms with Crippen LogP contribution in [0, 0.1) is 16.0 Å². The monoisotopic (exact) mass is 497 g/mol. The molecule has 12 heteroatoms. The van der Waals surface area contributed by atoms with E-state index in [1.807, 2.05) is 6.07 Å². The van der Waals surface area contributed by atoms with E-state index in [0.717, 1.165) is 18.5 Å². The zero-order valence-electron chi connectivity index (χ0n) is 20.2. The number of carbonyl (C=O) groups excluding carboxylic acids is 1. The minimum Gasteiger partial charge on any atom is -0.495 e. The number of anilines is 1. The third-order valence-corrected chi connectivity index (χ3v) is 6.00. The molecule has 0 bridgehead atoms. The summed E-state index contributed by atoms with van der Waals surface area (Å²) < 4.78 is 21.3. The van der Waals surface area contributed by atoms with E-state index in [1.165, 1.54) is 25.3 Å². The number of nitrogens with one attached hydrogen (secondary N) is 1. The van der Waals surface area contributed by atoms with Gasteiger partial charge in [-0.05, 0) is 43.7 Å². The van der Waals surface area contributed by atoms with E-state index in [4.69, 9.17) is 18.7 Å². The van der Waals surface area contributed by atoms with Crippen LogP contribution in [0.15, 0.2) is 40.9 Å². The number of nitro groups is 1. The van der Waals surface area contributed by atoms with Crippen molar-refractivity contribution < 1.29 is 28.5 Å². The van der Waals surface area contributed by atoms with Crippen LogP contribution in [0.1, 0.15) is 18.7 Å². The Kier molecular flexibility index (Phi) is 7.64. The number of nitrogens with zero attached hydrogens (tertiary/aromatic N) is 4. The first-order chi connectivity index (χ1) is 17.4. The Morgan fingerprint density at radius 3 is 2.61 bits per heavy atom. The number of amides is 1. The number of hydrogen-bond donors (Lipinski definition) is 1. The number of nitro benzene ring substituents is 1. The van der Waals surface area contributed by atoms with Crippen molar-refractivity contribution in [2.24, 2.45) is 5.92 Å². The Hall–Kier alpha value is -4.19. The molecule has 3 aromatic rings. The molecular weight excluding hydrogens is 470 g/mol. The molecule has 1 aliphatic rings. The van der Waals surface area contributed by atoms with Gasteiger partial charge in [-0.2, -0.15) is 4.98 Å². The topological polar surface area (TPSA) is 142 Å². The van der Waals surface area contributed by atoms with E-state index in [9.17, 15) is 14.9 Å². The second-order valence-corrected chi connectivity index (χ2v) is 8.29. The van der Waals surface area contributed by atoms with E-state index in [0.29, 0.717) is 48.5 Å². The first-order valence-corrected chi connectivity index (χ1v) is 11.3. The molecule has 36 heavy (non-hydrogen) atoms. The van der Waals surface area contributed by atoms with Gasteiger partial charge in [0.1, 0.15) is 5.75 Å². The van der Waals surface area contributed by atoms with E-state index >= 15 is 0 Å². The van der Waals surface area contributed by atoms with Crippen molar-refractivity contribution >= 4 is 17.3 Å². The van der Waals surface area contributed by atoms with Crippen molar-refractivity contribution in [3.63, 3.8) is 0 Å². The van der Waals surface area contributed by atoms with Gasteiger partial charge in [-0.1, -0.05) is 5.16 Å². The second kappa shape index (κ2) is 11.0. The van der Waals surface area contributed by atoms with Gasteiger partial charge in [0, 0.05) is 24.2 Å². The minimum atomic E-state index is -0.516. The number of non-ortho nitro benzene ring substituents is 1. The molecule has 1 unspecified atom stereocenters. The molecule has 1 amide bonds. The van der Waals surface area contributed by atoms with Crippen molar-refractivity contribution in [3.05, 3.63) is 52.4 Å². The highest BCUT2D eigenvalue weighted by atomic mass is 16.6. The number of rotatable bonds is 9. The van der Waals surface area contributed by atoms with Crippen LogP contribution in [0.25, 0.3) is 11.4 Å². The summed E-state index contributed by atoms with van der Waals surface area (Å²) in [7, 11) is 4.57. The Labute approximate surface area is 207 Å². The highest BCUT2D eigenvalue weighted by molar-refractivity contribution is 5.94. The third kappa shape index (κ3) is 5.54. The van der Waals surface area contributed by atoms with E-state index in [2.05, 4.69) is 20.4 Å². The average Bonchev–Trinajstić information content (AvgIpc) is 3.36. The molecule has 0 spiro atoms. The lowest BCUT2D eigenvalue weighted by Gasteiger charge is -2.30. The number of hydrogen-bond acceptors (Lipinski definition) is 10. The lowest BCUT2D eigenvalue weighted by molar-refractivity contribution is -0.384. The van der Waals surface area contributed by atoms with Crippen molar-refractivity contribution in [3.8, 4) is 28.6 Å². The molecule has 2 heterocycles. The first kappa shape index (κ1) is 24.9. The summed E-state index contributed by atoms with van der Waals surface area (Å²) in [4.78, 5) is 30.2. The maximum Gasteiger partial charge on any atom is 0.271 e. The fraction of sp³-hybridized carbons (Fsp3) is 0.375. The third-order valence-electron chi connectivity index (χ3n) is 6.00. The zero-order chi connectivity index (χ0) is 25.7. The second-order valence-electron chi connectivity index (χ2n) is 8.29. The van der Waals surface area contributed by atoms with Crippen LogP contribution in [0.2, 0.25) is 0 Å². The van der Waals surface area contributed by atoms with Gasteiger partial charge >= 0.3 is 0 Å². The van der Waals surface area contributed by atoms with Crippen molar-refractivity contribution in [2.75, 3.05) is 39.7 Å². The van der Waals surface area contributed by atoms with Gasteiger partial charge < -0.3 is 24.1 Å². The van der Waals surface area contributed by atoms with Crippen molar-refractivity contribution in [1.29, 1.82) is 0 Å². The van der Waals surface area contributed by atoms with Gasteiger partial charge in [0.2, 0.25) is 17.6 Å². The van der Waals surface area contributed by atoms with E-state index in [1.54, 1.807) is 26.4 Å². The van der Waals surface area contributed by atoms with Gasteiger partial charge in [0.25, 0.3) is 5.69 Å². The molecule has 4 rings (SSSR count). The normalized spacial score (nSPS) is 15.8. The highest BCUT2D eigenvalue weighted by Crippen LogP contribution is 2.32. The predicted octanol–water partition coefficient (Wildman–Crippen LogP) is 3.52. The molecule has 1 aliphatic heterocycles. The Morgan fingerprint density at radius 2 is 1.89 bits per heavy atom. The number of likely N-dealkylation sites (tertiary alicyclic amines) is 1. The lowest BCUT2D eigenvalue weighted by Crippen LogP contribution is -2.40. The van der Waals surface area contributed by atoms with Crippen LogP contribution in [0.5, 0.6) is 17.2 Å². The number of benzene rings is 2. The summed E-state index contributed by atoms with van der Waals surface area (Å²) in [5.74, 6) is 1.84. The van der Waals surface area contributed by atoms with Gasteiger partial charge in [-0.25, -0.2) is 0 Å². The van der Waals surface area contributed by atoms with Crippen LogP contribution in [0.4, 0.5) is 11.4 Å². The number of ether oxygens (including phenoxy) is 3. The van der Waals surface area contributed by atoms with Gasteiger partial charge in [-0.15, -0.1) is 0 Å². The summed E-state index contributed by atoms with van der Waals surface area (Å²) in [6, 6.07) is 9.46. The van der Waals surface area contributed by atoms with E-state index in [-0.39, 0.29) is 23.2 Å². The Morgan fingerprint density at radius 1 is 1.14 bits per heavy atom. The number of aromatic nitrogens is 2.